The maximum Gasteiger partial charge on any atom is 0.407 e. The molecule has 0 aliphatic heterocycles. The van der Waals surface area contributed by atoms with Gasteiger partial charge in [-0.25, -0.2) is 4.79 Å². The summed E-state index contributed by atoms with van der Waals surface area (Å²) in [6, 6.07) is 21.3. The molecule has 0 saturated heterocycles. The summed E-state index contributed by atoms with van der Waals surface area (Å²) in [5.41, 5.74) is 4.98. The van der Waals surface area contributed by atoms with Crippen LogP contribution < -0.4 is 10.1 Å². The van der Waals surface area contributed by atoms with Gasteiger partial charge in [0.2, 0.25) is 0 Å². The second kappa shape index (κ2) is 9.73. The second-order valence-electron chi connectivity index (χ2n) is 7.60. The number of hydrogen-bond donors (Lipinski definition) is 3. The van der Waals surface area contributed by atoms with Gasteiger partial charge in [-0.2, -0.15) is 0 Å². The molecule has 0 heterocycles. The van der Waals surface area contributed by atoms with Crippen molar-refractivity contribution in [3.8, 4) is 16.9 Å². The van der Waals surface area contributed by atoms with E-state index >= 15 is 0 Å². The van der Waals surface area contributed by atoms with Crippen LogP contribution in [0.4, 0.5) is 4.79 Å². The van der Waals surface area contributed by atoms with E-state index in [-0.39, 0.29) is 19.1 Å². The van der Waals surface area contributed by atoms with E-state index in [0.717, 1.165) is 26.7 Å². The molecule has 1 aliphatic carbocycles. The van der Waals surface area contributed by atoms with E-state index in [4.69, 9.17) is 9.47 Å². The third kappa shape index (κ3) is 4.50. The summed E-state index contributed by atoms with van der Waals surface area (Å²) < 4.78 is 11.5. The number of nitrogens with one attached hydrogen (secondary N) is 1. The molecule has 0 bridgehead atoms. The lowest BCUT2D eigenvalue weighted by molar-refractivity contribution is 0.0172. The van der Waals surface area contributed by atoms with Gasteiger partial charge in [-0.05, 0) is 34.4 Å². The first-order valence-corrected chi connectivity index (χ1v) is 11.1. The van der Waals surface area contributed by atoms with Crippen LogP contribution >= 0.6 is 15.9 Å². The molecule has 7 heteroatoms. The molecule has 0 radical (unpaired) electrons. The topological polar surface area (TPSA) is 88.0 Å². The van der Waals surface area contributed by atoms with Crippen molar-refractivity contribution in [3.05, 3.63) is 87.9 Å². The number of rotatable bonds is 7. The molecule has 3 aromatic carbocycles. The zero-order valence-corrected chi connectivity index (χ0v) is 19.1. The summed E-state index contributed by atoms with van der Waals surface area (Å²) in [7, 11) is 1.49. The van der Waals surface area contributed by atoms with Gasteiger partial charge < -0.3 is 25.0 Å². The number of fused-ring (bicyclic) bond motifs is 3. The molecule has 2 unspecified atom stereocenters. The minimum absolute atomic E-state index is 0.0457. The highest BCUT2D eigenvalue weighted by molar-refractivity contribution is 9.10. The predicted molar refractivity (Wildman–Crippen MR) is 125 cm³/mol. The summed E-state index contributed by atoms with van der Waals surface area (Å²) in [5, 5.41) is 23.4. The maximum absolute atomic E-state index is 12.3. The molecule has 0 spiro atoms. The number of carbonyl (C=O) groups is 1. The molecule has 0 aromatic heterocycles. The molecule has 4 rings (SSSR count). The minimum atomic E-state index is -1.23. The van der Waals surface area contributed by atoms with Gasteiger partial charge in [-0.15, -0.1) is 0 Å². The van der Waals surface area contributed by atoms with Gasteiger partial charge in [-0.3, -0.25) is 0 Å². The van der Waals surface area contributed by atoms with Crippen molar-refractivity contribution in [3.63, 3.8) is 0 Å². The fourth-order valence-electron chi connectivity index (χ4n) is 4.09. The molecular formula is C25H24BrNO5. The number of alkyl carbamates (subject to hydrolysis) is 1. The van der Waals surface area contributed by atoms with Crippen LogP contribution in [0.3, 0.4) is 0 Å². The minimum Gasteiger partial charge on any atom is -0.496 e. The number of benzene rings is 3. The number of aliphatic hydroxyl groups excluding tert-OH is 2. The standard InChI is InChI=1S/C25H24BrNO5/c1-31-23-12-15(26)10-11-20(23)24(29)22(28)13-27-25(30)32-14-21-18-8-4-2-6-16(18)17-7-3-5-9-19(17)21/h2-12,21-22,24,28-29H,13-14H2,1H3,(H,27,30). The van der Waals surface area contributed by atoms with Crippen LogP contribution in [0.25, 0.3) is 11.1 Å². The van der Waals surface area contributed by atoms with E-state index in [1.165, 1.54) is 7.11 Å². The highest BCUT2D eigenvalue weighted by atomic mass is 79.9. The van der Waals surface area contributed by atoms with E-state index in [0.29, 0.717) is 11.3 Å². The van der Waals surface area contributed by atoms with E-state index in [2.05, 4.69) is 33.4 Å². The number of amides is 1. The number of ether oxygens (including phenoxy) is 2. The lowest BCUT2D eigenvalue weighted by atomic mass is 9.98. The van der Waals surface area contributed by atoms with Crippen molar-refractivity contribution in [1.29, 1.82) is 0 Å². The fourth-order valence-corrected chi connectivity index (χ4v) is 4.43. The average Bonchev–Trinajstić information content (AvgIpc) is 3.14. The number of carbonyl (C=O) groups excluding carboxylic acids is 1. The fraction of sp³-hybridized carbons (Fsp3) is 0.240. The molecule has 6 nitrogen and oxygen atoms in total. The Morgan fingerprint density at radius 1 is 1.03 bits per heavy atom. The van der Waals surface area contributed by atoms with E-state index in [1.54, 1.807) is 18.2 Å². The summed E-state index contributed by atoms with van der Waals surface area (Å²) in [5.74, 6) is 0.391. The Morgan fingerprint density at radius 3 is 2.28 bits per heavy atom. The number of methoxy groups -OCH3 is 1. The highest BCUT2D eigenvalue weighted by Crippen LogP contribution is 2.44. The van der Waals surface area contributed by atoms with Crippen LogP contribution in [0, 0.1) is 0 Å². The Balaban J connectivity index is 1.35. The van der Waals surface area contributed by atoms with Crippen LogP contribution in [0.1, 0.15) is 28.7 Å². The monoisotopic (exact) mass is 497 g/mol. The molecule has 2 atom stereocenters. The first-order valence-electron chi connectivity index (χ1n) is 10.3. The summed E-state index contributed by atoms with van der Waals surface area (Å²) >= 11 is 3.34. The van der Waals surface area contributed by atoms with Gasteiger partial charge in [0.1, 0.15) is 24.6 Å². The third-order valence-electron chi connectivity index (χ3n) is 5.68. The lowest BCUT2D eigenvalue weighted by Gasteiger charge is -2.21. The molecule has 1 amide bonds. The van der Waals surface area contributed by atoms with Gasteiger partial charge in [0.05, 0.1) is 7.11 Å². The van der Waals surface area contributed by atoms with E-state index in [1.807, 2.05) is 36.4 Å². The maximum atomic E-state index is 12.3. The zero-order chi connectivity index (χ0) is 22.7. The molecule has 1 aliphatic rings. The Hall–Kier alpha value is -2.87. The van der Waals surface area contributed by atoms with Crippen molar-refractivity contribution >= 4 is 22.0 Å². The lowest BCUT2D eigenvalue weighted by Crippen LogP contribution is -2.36. The van der Waals surface area contributed by atoms with Gasteiger partial charge in [0, 0.05) is 22.5 Å². The zero-order valence-electron chi connectivity index (χ0n) is 17.5. The van der Waals surface area contributed by atoms with Crippen molar-refractivity contribution in [2.75, 3.05) is 20.3 Å². The second-order valence-corrected chi connectivity index (χ2v) is 8.52. The van der Waals surface area contributed by atoms with Gasteiger partial charge in [-0.1, -0.05) is 70.5 Å². The molecule has 0 fully saturated rings. The number of halogens is 1. The Kier molecular flexibility index (Phi) is 6.79. The van der Waals surface area contributed by atoms with Crippen LogP contribution in [-0.2, 0) is 4.74 Å². The van der Waals surface area contributed by atoms with Crippen molar-refractivity contribution < 1.29 is 24.5 Å². The Morgan fingerprint density at radius 2 is 1.66 bits per heavy atom. The summed E-state index contributed by atoms with van der Waals surface area (Å²) in [6.45, 7) is 0.0100. The molecule has 32 heavy (non-hydrogen) atoms. The predicted octanol–water partition coefficient (Wildman–Crippen LogP) is 4.39. The largest absolute Gasteiger partial charge is 0.496 e. The van der Waals surface area contributed by atoms with Crippen molar-refractivity contribution in [2.45, 2.75) is 18.1 Å². The summed E-state index contributed by atoms with van der Waals surface area (Å²) in [4.78, 5) is 12.3. The quantitative estimate of drug-likeness (QED) is 0.450. The van der Waals surface area contributed by atoms with Crippen LogP contribution in [-0.4, -0.2) is 42.7 Å². The van der Waals surface area contributed by atoms with Crippen LogP contribution in [0.5, 0.6) is 5.75 Å². The van der Waals surface area contributed by atoms with Gasteiger partial charge >= 0.3 is 6.09 Å². The normalized spacial score (nSPS) is 14.2. The third-order valence-corrected chi connectivity index (χ3v) is 6.17. The molecular weight excluding hydrogens is 474 g/mol. The van der Waals surface area contributed by atoms with E-state index < -0.39 is 18.3 Å². The first kappa shape index (κ1) is 22.3. The van der Waals surface area contributed by atoms with Gasteiger partial charge in [0.25, 0.3) is 0 Å². The van der Waals surface area contributed by atoms with Crippen LogP contribution in [0.15, 0.2) is 71.2 Å². The van der Waals surface area contributed by atoms with Crippen LogP contribution in [0.2, 0.25) is 0 Å². The molecule has 166 valence electrons. The highest BCUT2D eigenvalue weighted by Gasteiger charge is 2.29. The SMILES string of the molecule is COc1cc(Br)ccc1C(O)C(O)CNC(=O)OCC1c2ccccc2-c2ccccc21. The summed E-state index contributed by atoms with van der Waals surface area (Å²) in [6.07, 6.45) is -3.11. The Labute approximate surface area is 194 Å². The number of aliphatic hydroxyl groups is 2. The molecule has 3 aromatic rings. The van der Waals surface area contributed by atoms with Gasteiger partial charge in [0.15, 0.2) is 0 Å². The molecule has 3 N–H and O–H groups in total. The first-order chi connectivity index (χ1) is 15.5. The van der Waals surface area contributed by atoms with Crippen molar-refractivity contribution in [2.24, 2.45) is 0 Å². The molecule has 0 saturated carbocycles. The smallest absolute Gasteiger partial charge is 0.407 e. The number of hydrogen-bond acceptors (Lipinski definition) is 5. The Bertz CT molecular complexity index is 1070. The van der Waals surface area contributed by atoms with E-state index in [9.17, 15) is 15.0 Å². The average molecular weight is 498 g/mol. The van der Waals surface area contributed by atoms with Crippen molar-refractivity contribution in [1.82, 2.24) is 5.32 Å².